The quantitative estimate of drug-likeness (QED) is 0.577. The molecule has 0 spiro atoms. The molecule has 4 rings (SSSR count). The molecule has 0 radical (unpaired) electrons. The lowest BCUT2D eigenvalue weighted by Gasteiger charge is -2.09. The summed E-state index contributed by atoms with van der Waals surface area (Å²) in [5, 5.41) is 5.06. The van der Waals surface area contributed by atoms with Crippen LogP contribution in [0.4, 0.5) is 11.4 Å². The van der Waals surface area contributed by atoms with Gasteiger partial charge in [0.25, 0.3) is 5.91 Å². The molecule has 0 atom stereocenters. The van der Waals surface area contributed by atoms with Gasteiger partial charge >= 0.3 is 0 Å². The number of hydrogen-bond acceptors (Lipinski definition) is 4. The van der Waals surface area contributed by atoms with Crippen molar-refractivity contribution in [2.45, 2.75) is 23.5 Å². The number of carbonyl (C=O) groups is 1. The number of fused-ring (bicyclic) bond motifs is 1. The molecule has 1 heterocycles. The number of thiophene rings is 1. The zero-order valence-corrected chi connectivity index (χ0v) is 15.3. The van der Waals surface area contributed by atoms with E-state index in [0.717, 1.165) is 24.2 Å². The maximum atomic E-state index is 12.6. The summed E-state index contributed by atoms with van der Waals surface area (Å²) in [5.74, 6) is -0.0808. The van der Waals surface area contributed by atoms with Crippen LogP contribution in [0.1, 0.15) is 27.9 Å². The van der Waals surface area contributed by atoms with Crippen LogP contribution in [-0.2, 0) is 12.8 Å². The predicted octanol–water partition coefficient (Wildman–Crippen LogP) is 5.61. The molecule has 0 fully saturated rings. The van der Waals surface area contributed by atoms with Crippen molar-refractivity contribution in [2.24, 2.45) is 0 Å². The lowest BCUT2D eigenvalue weighted by atomic mass is 10.1. The second kappa shape index (κ2) is 7.33. The molecule has 1 amide bonds. The number of anilines is 2. The number of hydrogen-bond donors (Lipinski definition) is 2. The number of amides is 1. The molecule has 0 aliphatic heterocycles. The van der Waals surface area contributed by atoms with E-state index in [1.54, 1.807) is 23.3 Å². The summed E-state index contributed by atoms with van der Waals surface area (Å²) in [6.45, 7) is 0. The molecule has 3 aromatic rings. The van der Waals surface area contributed by atoms with Crippen molar-refractivity contribution >= 4 is 40.6 Å². The van der Waals surface area contributed by atoms with Crippen LogP contribution in [0.5, 0.6) is 0 Å². The van der Waals surface area contributed by atoms with Crippen LogP contribution < -0.4 is 10.0 Å². The zero-order valence-electron chi connectivity index (χ0n) is 13.6. The van der Waals surface area contributed by atoms with E-state index in [1.807, 2.05) is 41.8 Å². The zero-order chi connectivity index (χ0) is 17.1. The maximum Gasteiger partial charge on any atom is 0.255 e. The molecule has 25 heavy (non-hydrogen) atoms. The van der Waals surface area contributed by atoms with Crippen molar-refractivity contribution in [3.05, 3.63) is 76.7 Å². The van der Waals surface area contributed by atoms with E-state index in [-0.39, 0.29) is 5.91 Å². The fraction of sp³-hybridized carbons (Fsp3) is 0.150. The number of benzene rings is 2. The van der Waals surface area contributed by atoms with Crippen molar-refractivity contribution in [2.75, 3.05) is 10.0 Å². The second-order valence-corrected chi connectivity index (χ2v) is 8.06. The molecule has 126 valence electrons. The largest absolute Gasteiger partial charge is 0.325 e. The molecule has 5 heteroatoms. The van der Waals surface area contributed by atoms with Crippen LogP contribution in [0.2, 0.25) is 0 Å². The van der Waals surface area contributed by atoms with E-state index >= 15 is 0 Å². The summed E-state index contributed by atoms with van der Waals surface area (Å²) in [6.07, 6.45) is 3.47. The first-order valence-corrected chi connectivity index (χ1v) is 9.97. The van der Waals surface area contributed by atoms with E-state index in [9.17, 15) is 4.79 Å². The lowest BCUT2D eigenvalue weighted by molar-refractivity contribution is 0.102. The van der Waals surface area contributed by atoms with Gasteiger partial charge in [-0.15, -0.1) is 11.3 Å². The number of carbonyl (C=O) groups excluding carboxylic acids is 1. The van der Waals surface area contributed by atoms with Crippen molar-refractivity contribution in [1.29, 1.82) is 0 Å². The highest BCUT2D eigenvalue weighted by atomic mass is 32.2. The van der Waals surface area contributed by atoms with Gasteiger partial charge in [-0.3, -0.25) is 4.79 Å². The minimum Gasteiger partial charge on any atom is -0.325 e. The summed E-state index contributed by atoms with van der Waals surface area (Å²) >= 11 is 3.24. The molecule has 0 saturated carbocycles. The Bertz CT molecular complexity index is 890. The Hall–Kier alpha value is -2.24. The monoisotopic (exact) mass is 366 g/mol. The highest BCUT2D eigenvalue weighted by molar-refractivity contribution is 8.02. The molecule has 1 aliphatic carbocycles. The fourth-order valence-corrected chi connectivity index (χ4v) is 4.43. The average molecular weight is 367 g/mol. The Morgan fingerprint density at radius 2 is 1.88 bits per heavy atom. The summed E-state index contributed by atoms with van der Waals surface area (Å²) < 4.78 is 4.48. The molecular formula is C20H18N2OS2. The van der Waals surface area contributed by atoms with E-state index in [1.165, 1.54) is 21.8 Å². The Labute approximate surface area is 155 Å². The summed E-state index contributed by atoms with van der Waals surface area (Å²) in [4.78, 5) is 12.6. The highest BCUT2D eigenvalue weighted by Crippen LogP contribution is 2.27. The third-order valence-electron chi connectivity index (χ3n) is 4.25. The lowest BCUT2D eigenvalue weighted by Crippen LogP contribution is -2.12. The predicted molar refractivity (Wildman–Crippen MR) is 107 cm³/mol. The molecule has 2 aromatic carbocycles. The van der Waals surface area contributed by atoms with Crippen LogP contribution >= 0.6 is 23.3 Å². The number of nitrogens with one attached hydrogen (secondary N) is 2. The molecule has 3 nitrogen and oxygen atoms in total. The van der Waals surface area contributed by atoms with E-state index in [0.29, 0.717) is 5.56 Å². The van der Waals surface area contributed by atoms with Crippen molar-refractivity contribution in [3.63, 3.8) is 0 Å². The fourth-order valence-electron chi connectivity index (χ4n) is 3.01. The normalized spacial score (nSPS) is 12.6. The van der Waals surface area contributed by atoms with Crippen LogP contribution in [0.25, 0.3) is 0 Å². The van der Waals surface area contributed by atoms with Gasteiger partial charge in [0.1, 0.15) is 0 Å². The molecule has 1 aliphatic rings. The first-order valence-electron chi connectivity index (χ1n) is 8.27. The van der Waals surface area contributed by atoms with Gasteiger partial charge in [-0.05, 0) is 84.1 Å². The summed E-state index contributed by atoms with van der Waals surface area (Å²) in [7, 11) is 0. The van der Waals surface area contributed by atoms with Crippen LogP contribution in [0, 0.1) is 0 Å². The van der Waals surface area contributed by atoms with Gasteiger partial charge in [0.2, 0.25) is 0 Å². The Morgan fingerprint density at radius 1 is 0.960 bits per heavy atom. The van der Waals surface area contributed by atoms with Crippen molar-refractivity contribution in [1.82, 2.24) is 0 Å². The SMILES string of the molecule is O=C(Nc1ccc2c(c1)CCC2)c1cccc(NSc2cccs2)c1. The number of aryl methyl sites for hydroxylation is 2. The van der Waals surface area contributed by atoms with E-state index in [4.69, 9.17) is 0 Å². The van der Waals surface area contributed by atoms with Gasteiger partial charge in [0.15, 0.2) is 0 Å². The topological polar surface area (TPSA) is 41.1 Å². The van der Waals surface area contributed by atoms with Crippen molar-refractivity contribution in [3.8, 4) is 0 Å². The minimum atomic E-state index is -0.0808. The first-order chi connectivity index (χ1) is 12.3. The minimum absolute atomic E-state index is 0.0808. The van der Waals surface area contributed by atoms with Crippen LogP contribution in [0.15, 0.2) is 64.2 Å². The Morgan fingerprint density at radius 3 is 2.76 bits per heavy atom. The molecule has 2 N–H and O–H groups in total. The molecule has 0 unspecified atom stereocenters. The highest BCUT2D eigenvalue weighted by Gasteiger charge is 2.12. The Kier molecular flexibility index (Phi) is 4.76. The van der Waals surface area contributed by atoms with Crippen LogP contribution in [-0.4, -0.2) is 5.91 Å². The van der Waals surface area contributed by atoms with E-state index in [2.05, 4.69) is 28.2 Å². The first kappa shape index (κ1) is 16.2. The Balaban J connectivity index is 1.44. The van der Waals surface area contributed by atoms with Gasteiger partial charge in [-0.2, -0.15) is 0 Å². The standard InChI is InChI=1S/C20H18N2OS2/c23-20(21-17-10-9-14-4-1-5-15(14)12-17)16-6-2-7-18(13-16)22-25-19-8-3-11-24-19/h2-3,6-13,22H,1,4-5H2,(H,21,23). The van der Waals surface area contributed by atoms with Gasteiger partial charge in [0, 0.05) is 16.9 Å². The molecule has 0 saturated heterocycles. The molecule has 0 bridgehead atoms. The average Bonchev–Trinajstić information content (AvgIpc) is 3.31. The third kappa shape index (κ3) is 3.89. The summed E-state index contributed by atoms with van der Waals surface area (Å²) in [5.41, 5.74) is 5.21. The smallest absolute Gasteiger partial charge is 0.255 e. The maximum absolute atomic E-state index is 12.6. The van der Waals surface area contributed by atoms with Gasteiger partial charge < -0.3 is 10.0 Å². The third-order valence-corrected chi connectivity index (χ3v) is 6.12. The van der Waals surface area contributed by atoms with Gasteiger partial charge in [-0.25, -0.2) is 0 Å². The van der Waals surface area contributed by atoms with Gasteiger partial charge in [0.05, 0.1) is 4.21 Å². The van der Waals surface area contributed by atoms with Crippen LogP contribution in [0.3, 0.4) is 0 Å². The van der Waals surface area contributed by atoms with Crippen molar-refractivity contribution < 1.29 is 4.79 Å². The number of rotatable bonds is 5. The summed E-state index contributed by atoms with van der Waals surface area (Å²) in [6, 6.07) is 17.9. The van der Waals surface area contributed by atoms with Gasteiger partial charge in [-0.1, -0.05) is 18.2 Å². The molecular weight excluding hydrogens is 348 g/mol. The second-order valence-electron chi connectivity index (χ2n) is 6.01. The van der Waals surface area contributed by atoms with E-state index < -0.39 is 0 Å². The molecule has 1 aromatic heterocycles.